The van der Waals surface area contributed by atoms with Gasteiger partial charge in [-0.1, -0.05) is 137 Å². The molecule has 3 heterocycles. The maximum absolute atomic E-state index is 7.13. The topological polar surface area (TPSA) is 33.5 Å². The summed E-state index contributed by atoms with van der Waals surface area (Å²) in [5.41, 5.74) is 10.3. The molecule has 1 aliphatic rings. The van der Waals surface area contributed by atoms with Crippen LogP contribution < -0.4 is 14.5 Å². The molecule has 0 N–H and O–H groups in total. The maximum Gasteiger partial charge on any atom is 0.137 e. The Morgan fingerprint density at radius 1 is 0.500 bits per heavy atom. The molecule has 58 heavy (non-hydrogen) atoms. The van der Waals surface area contributed by atoms with Crippen LogP contribution in [0.15, 0.2) is 140 Å². The Morgan fingerprint density at radius 2 is 1.12 bits per heavy atom. The number of hydrogen-bond acceptors (Lipinski definition) is 4. The second-order valence-corrected chi connectivity index (χ2v) is 19.6. The summed E-state index contributed by atoms with van der Waals surface area (Å²) < 4.78 is 9.45. The highest BCUT2D eigenvalue weighted by atomic mass is 16.5. The van der Waals surface area contributed by atoms with Crippen LogP contribution in [0.3, 0.4) is 0 Å². The Balaban J connectivity index is 1.27. The lowest BCUT2D eigenvalue weighted by atomic mass is 9.78. The van der Waals surface area contributed by atoms with Gasteiger partial charge in [0, 0.05) is 58.3 Å². The van der Waals surface area contributed by atoms with Crippen LogP contribution >= 0.6 is 0 Å². The Hall–Kier alpha value is -5.81. The lowest BCUT2D eigenvalue weighted by Gasteiger charge is -2.29. The largest absolute Gasteiger partial charge is 0.457 e. The number of nitrogens with zero attached hydrogens (tertiary/aromatic N) is 4. The van der Waals surface area contributed by atoms with Crippen LogP contribution in [0.1, 0.15) is 104 Å². The monoisotopic (exact) mass is 766 g/mol. The number of anilines is 2. The highest BCUT2D eigenvalue weighted by Gasteiger charge is 2.28. The van der Waals surface area contributed by atoms with Gasteiger partial charge in [0.15, 0.2) is 0 Å². The van der Waals surface area contributed by atoms with Crippen LogP contribution in [-0.2, 0) is 21.7 Å². The van der Waals surface area contributed by atoms with Crippen LogP contribution in [0.2, 0.25) is 0 Å². The molecule has 5 aromatic carbocycles. The number of ether oxygens (including phenoxy) is 1. The molecule has 0 fully saturated rings. The first-order chi connectivity index (χ1) is 27.4. The van der Waals surface area contributed by atoms with Crippen molar-refractivity contribution in [2.24, 2.45) is 0 Å². The van der Waals surface area contributed by atoms with Gasteiger partial charge in [0.2, 0.25) is 0 Å². The number of benzene rings is 5. The maximum atomic E-state index is 7.13. The van der Waals surface area contributed by atoms with E-state index in [0.717, 1.165) is 34.0 Å². The number of hydrogen-bond donors (Lipinski definition) is 0. The first kappa shape index (κ1) is 39.0. The predicted molar refractivity (Wildman–Crippen MR) is 245 cm³/mol. The average molecular weight is 767 g/mol. The lowest BCUT2D eigenvalue weighted by Crippen LogP contribution is -2.26. The van der Waals surface area contributed by atoms with E-state index in [-0.39, 0.29) is 21.7 Å². The van der Waals surface area contributed by atoms with Crippen molar-refractivity contribution in [1.82, 2.24) is 9.55 Å². The minimum absolute atomic E-state index is 0.0183. The lowest BCUT2D eigenvalue weighted by molar-refractivity contribution is 0.477. The molecule has 0 amide bonds. The predicted octanol–water partition coefficient (Wildman–Crippen LogP) is 13.9. The minimum Gasteiger partial charge on any atom is -0.457 e. The molecule has 0 bridgehead atoms. The minimum atomic E-state index is -0.282. The van der Waals surface area contributed by atoms with Crippen molar-refractivity contribution in [3.63, 3.8) is 0 Å². The van der Waals surface area contributed by atoms with Crippen molar-refractivity contribution in [3.8, 4) is 17.3 Å². The van der Waals surface area contributed by atoms with Gasteiger partial charge >= 0.3 is 0 Å². The molecule has 5 heteroatoms. The third-order valence-corrected chi connectivity index (χ3v) is 11.8. The van der Waals surface area contributed by atoms with Crippen molar-refractivity contribution in [2.75, 3.05) is 16.5 Å². The summed E-state index contributed by atoms with van der Waals surface area (Å²) in [6, 6.07) is 44.0. The van der Waals surface area contributed by atoms with E-state index in [4.69, 9.17) is 9.72 Å². The molecule has 0 saturated carbocycles. The molecule has 2 aromatic heterocycles. The number of rotatable bonds is 7. The van der Waals surface area contributed by atoms with E-state index >= 15 is 0 Å². The molecular formula is C53H58N4O. The summed E-state index contributed by atoms with van der Waals surface area (Å²) in [6.45, 7) is 25.7. The molecule has 296 valence electrons. The average Bonchev–Trinajstić information content (AvgIpc) is 3.81. The molecule has 8 rings (SSSR count). The zero-order valence-electron chi connectivity index (χ0n) is 36.2. The number of aromatic nitrogens is 2. The summed E-state index contributed by atoms with van der Waals surface area (Å²) in [7, 11) is 0. The molecule has 7 aromatic rings. The van der Waals surface area contributed by atoms with Gasteiger partial charge in [-0.15, -0.1) is 0 Å². The fourth-order valence-corrected chi connectivity index (χ4v) is 8.21. The van der Waals surface area contributed by atoms with Crippen molar-refractivity contribution in [2.45, 2.75) is 97.8 Å². The van der Waals surface area contributed by atoms with Gasteiger partial charge in [-0.3, -0.25) is 4.57 Å². The molecule has 1 aliphatic heterocycles. The Bertz CT molecular complexity index is 2660. The van der Waals surface area contributed by atoms with Gasteiger partial charge < -0.3 is 14.5 Å². The van der Waals surface area contributed by atoms with E-state index in [1.54, 1.807) is 0 Å². The fraction of sp³-hybridized carbons (Fsp3) is 0.302. The van der Waals surface area contributed by atoms with Crippen LogP contribution in [-0.4, -0.2) is 16.2 Å². The van der Waals surface area contributed by atoms with E-state index in [2.05, 4.69) is 224 Å². The zero-order chi connectivity index (χ0) is 41.2. The molecule has 0 unspecified atom stereocenters. The first-order valence-corrected chi connectivity index (χ1v) is 20.6. The van der Waals surface area contributed by atoms with Crippen molar-refractivity contribution >= 4 is 33.2 Å². The Morgan fingerprint density at radius 3 is 1.83 bits per heavy atom. The van der Waals surface area contributed by atoms with Crippen LogP contribution in [0.4, 0.5) is 11.4 Å². The van der Waals surface area contributed by atoms with Crippen molar-refractivity contribution in [1.29, 1.82) is 0 Å². The highest BCUT2D eigenvalue weighted by Crippen LogP contribution is 2.44. The molecule has 0 aliphatic carbocycles. The number of fused-ring (bicyclic) bond motifs is 3. The van der Waals surface area contributed by atoms with Gasteiger partial charge in [-0.05, 0) is 92.6 Å². The second-order valence-electron chi connectivity index (χ2n) is 19.6. The smallest absolute Gasteiger partial charge is 0.137 e. The van der Waals surface area contributed by atoms with Crippen LogP contribution in [0, 0.1) is 0 Å². The zero-order valence-corrected chi connectivity index (χ0v) is 36.2. The molecular weight excluding hydrogens is 709 g/mol. The van der Waals surface area contributed by atoms with Gasteiger partial charge in [-0.2, -0.15) is 0 Å². The van der Waals surface area contributed by atoms with Gasteiger partial charge in [-0.25, -0.2) is 4.98 Å². The SMILES string of the molecule is CC(C)(C)c1cccc(N2C=CN(c3cc(Oc4cc(C(C)(C)C)c5c6ccccc6n(-c6cc(C(C)(C)C)ccn6)c5c4)cc(C(C)(C)c4ccccc4)c3)C2)c1. The standard InChI is InChI=1S/C53H58N4O/c1-50(2,3)37-20-17-21-40(28-37)55-26-27-56(35-55)41-29-39(53(10,11)36-18-13-12-14-19-36)30-42(32-41)58-43-33-45(52(7,8)9)49-44-22-15-16-23-46(44)57(47(49)34-43)48-31-38(24-25-54-48)51(4,5)6/h12-34H,35H2,1-11H3. The fourth-order valence-electron chi connectivity index (χ4n) is 8.21. The summed E-state index contributed by atoms with van der Waals surface area (Å²) in [6.07, 6.45) is 6.31. The van der Waals surface area contributed by atoms with E-state index in [9.17, 15) is 0 Å². The van der Waals surface area contributed by atoms with Crippen molar-refractivity contribution < 1.29 is 4.74 Å². The summed E-state index contributed by atoms with van der Waals surface area (Å²) in [5, 5.41) is 2.44. The van der Waals surface area contributed by atoms with E-state index < -0.39 is 0 Å². The van der Waals surface area contributed by atoms with E-state index in [1.165, 1.54) is 44.3 Å². The van der Waals surface area contributed by atoms with Gasteiger partial charge in [0.25, 0.3) is 0 Å². The summed E-state index contributed by atoms with van der Waals surface area (Å²) >= 11 is 0. The van der Waals surface area contributed by atoms with Gasteiger partial charge in [0.1, 0.15) is 17.3 Å². The van der Waals surface area contributed by atoms with Crippen LogP contribution in [0.5, 0.6) is 11.5 Å². The van der Waals surface area contributed by atoms with Crippen LogP contribution in [0.25, 0.3) is 27.6 Å². The third-order valence-electron chi connectivity index (χ3n) is 11.8. The van der Waals surface area contributed by atoms with Gasteiger partial charge in [0.05, 0.1) is 17.7 Å². The molecule has 0 saturated heterocycles. The summed E-state index contributed by atoms with van der Waals surface area (Å²) in [4.78, 5) is 9.61. The second kappa shape index (κ2) is 14.2. The van der Waals surface area contributed by atoms with E-state index in [0.29, 0.717) is 6.67 Å². The molecule has 5 nitrogen and oxygen atoms in total. The first-order valence-electron chi connectivity index (χ1n) is 20.6. The summed E-state index contributed by atoms with van der Waals surface area (Å²) in [5.74, 6) is 2.50. The number of para-hydroxylation sites is 1. The van der Waals surface area contributed by atoms with E-state index in [1.807, 2.05) is 6.20 Å². The third kappa shape index (κ3) is 7.39. The molecule has 0 spiro atoms. The molecule has 0 atom stereocenters. The molecule has 0 radical (unpaired) electrons. The number of pyridine rings is 1. The normalized spacial score (nSPS) is 13.9. The quantitative estimate of drug-likeness (QED) is 0.162. The Kier molecular flexibility index (Phi) is 9.58. The van der Waals surface area contributed by atoms with Crippen molar-refractivity contribution in [3.05, 3.63) is 168 Å². The highest BCUT2D eigenvalue weighted by molar-refractivity contribution is 6.11. The Labute approximate surface area is 345 Å².